The van der Waals surface area contributed by atoms with E-state index in [1.807, 2.05) is 0 Å². The van der Waals surface area contributed by atoms with Gasteiger partial charge < -0.3 is 0 Å². The highest BCUT2D eigenvalue weighted by Gasteiger charge is 2.36. The normalized spacial score (nSPS) is 28.4. The van der Waals surface area contributed by atoms with E-state index in [0.29, 0.717) is 17.8 Å². The first-order chi connectivity index (χ1) is 8.79. The van der Waals surface area contributed by atoms with Crippen LogP contribution in [0.3, 0.4) is 0 Å². The van der Waals surface area contributed by atoms with E-state index in [-0.39, 0.29) is 5.41 Å². The largest absolute Gasteiger partial charge is 0.207 e. The van der Waals surface area contributed by atoms with Crippen molar-refractivity contribution in [1.82, 2.24) is 0 Å². The highest BCUT2D eigenvalue weighted by Crippen LogP contribution is 2.44. The lowest BCUT2D eigenvalue weighted by molar-refractivity contribution is 0.151. The summed E-state index contributed by atoms with van der Waals surface area (Å²) in [5.74, 6) is 0.949. The summed E-state index contributed by atoms with van der Waals surface area (Å²) >= 11 is 0. The number of hydrogen-bond donors (Lipinski definition) is 0. The average Bonchev–Trinajstić information content (AvgIpc) is 2.26. The molecule has 1 aliphatic carbocycles. The molecule has 19 heavy (non-hydrogen) atoms. The van der Waals surface area contributed by atoms with Crippen LogP contribution in [0, 0.1) is 29.4 Å². The molecule has 2 rings (SSSR count). The van der Waals surface area contributed by atoms with Crippen molar-refractivity contribution in [3.05, 3.63) is 35.4 Å². The second-order valence-corrected chi connectivity index (χ2v) is 6.99. The van der Waals surface area contributed by atoms with Crippen LogP contribution in [0.15, 0.2) is 18.2 Å². The van der Waals surface area contributed by atoms with E-state index < -0.39 is 11.6 Å². The van der Waals surface area contributed by atoms with Crippen LogP contribution in [-0.4, -0.2) is 0 Å². The summed E-state index contributed by atoms with van der Waals surface area (Å²) in [5, 5.41) is 0. The van der Waals surface area contributed by atoms with Crippen molar-refractivity contribution in [3.8, 4) is 0 Å². The van der Waals surface area contributed by atoms with E-state index in [2.05, 4.69) is 27.7 Å². The topological polar surface area (TPSA) is 0 Å². The zero-order chi connectivity index (χ0) is 14.2. The Morgan fingerprint density at radius 3 is 1.84 bits per heavy atom. The van der Waals surface area contributed by atoms with Gasteiger partial charge in [-0.15, -0.1) is 0 Å². The minimum absolute atomic E-state index is 0.175. The number of halogens is 2. The van der Waals surface area contributed by atoms with Crippen molar-refractivity contribution in [3.63, 3.8) is 0 Å². The quantitative estimate of drug-likeness (QED) is 0.680. The summed E-state index contributed by atoms with van der Waals surface area (Å²) in [6.07, 6.45) is 3.56. The van der Waals surface area contributed by atoms with Crippen LogP contribution in [0.1, 0.15) is 52.5 Å². The monoisotopic (exact) mass is 266 g/mol. The van der Waals surface area contributed by atoms with E-state index in [4.69, 9.17) is 0 Å². The Hall–Kier alpha value is -0.920. The van der Waals surface area contributed by atoms with Gasteiger partial charge in [0.15, 0.2) is 0 Å². The maximum absolute atomic E-state index is 13.4. The highest BCUT2D eigenvalue weighted by atomic mass is 19.1. The zero-order valence-electron chi connectivity index (χ0n) is 12.3. The third-order valence-corrected chi connectivity index (χ3v) is 4.81. The molecule has 2 heteroatoms. The average molecular weight is 266 g/mol. The predicted molar refractivity (Wildman–Crippen MR) is 75.1 cm³/mol. The fourth-order valence-corrected chi connectivity index (χ4v) is 3.70. The maximum Gasteiger partial charge on any atom is 0.126 e. The molecule has 0 aliphatic heterocycles. The molecule has 1 aliphatic rings. The lowest BCUT2D eigenvalue weighted by Crippen LogP contribution is -2.35. The first-order valence-electron chi connectivity index (χ1n) is 7.25. The summed E-state index contributed by atoms with van der Waals surface area (Å²) in [4.78, 5) is 0. The molecule has 1 aromatic rings. The summed E-state index contributed by atoms with van der Waals surface area (Å²) < 4.78 is 26.9. The van der Waals surface area contributed by atoms with Crippen LogP contribution in [0.25, 0.3) is 0 Å². The molecular formula is C17H24F2. The van der Waals surface area contributed by atoms with Crippen molar-refractivity contribution in [2.24, 2.45) is 17.8 Å². The second kappa shape index (κ2) is 5.22. The SMILES string of the molecule is CC1CC(C)CC(C(C)(C)c2cc(F)cc(F)c2)C1. The number of hydrogen-bond acceptors (Lipinski definition) is 0. The second-order valence-electron chi connectivity index (χ2n) is 6.99. The standard InChI is InChI=1S/C17H24F2/c1-11-5-12(2)7-13(6-11)17(3,4)14-8-15(18)10-16(19)9-14/h8-13H,5-7H2,1-4H3. The van der Waals surface area contributed by atoms with Gasteiger partial charge >= 0.3 is 0 Å². The Labute approximate surface area is 115 Å². The van der Waals surface area contributed by atoms with Crippen LogP contribution < -0.4 is 0 Å². The molecule has 2 atom stereocenters. The minimum atomic E-state index is -0.472. The molecule has 2 unspecified atom stereocenters. The van der Waals surface area contributed by atoms with Crippen molar-refractivity contribution in [2.75, 3.05) is 0 Å². The van der Waals surface area contributed by atoms with Gasteiger partial charge in [0.05, 0.1) is 0 Å². The van der Waals surface area contributed by atoms with E-state index in [9.17, 15) is 8.78 Å². The third-order valence-electron chi connectivity index (χ3n) is 4.81. The fraction of sp³-hybridized carbons (Fsp3) is 0.647. The van der Waals surface area contributed by atoms with Gasteiger partial charge in [0, 0.05) is 6.07 Å². The lowest BCUT2D eigenvalue weighted by Gasteiger charge is -2.42. The molecule has 0 N–H and O–H groups in total. The highest BCUT2D eigenvalue weighted by molar-refractivity contribution is 5.26. The summed E-state index contributed by atoms with van der Waals surface area (Å²) in [7, 11) is 0. The van der Waals surface area contributed by atoms with Gasteiger partial charge in [-0.1, -0.05) is 27.7 Å². The van der Waals surface area contributed by atoms with Gasteiger partial charge in [-0.2, -0.15) is 0 Å². The predicted octanol–water partition coefficient (Wildman–Crippen LogP) is 5.31. The van der Waals surface area contributed by atoms with E-state index >= 15 is 0 Å². The molecule has 1 aromatic carbocycles. The van der Waals surface area contributed by atoms with Gasteiger partial charge in [0.2, 0.25) is 0 Å². The van der Waals surface area contributed by atoms with Gasteiger partial charge in [-0.05, 0) is 60.1 Å². The third kappa shape index (κ3) is 3.16. The van der Waals surface area contributed by atoms with Crippen molar-refractivity contribution in [1.29, 1.82) is 0 Å². The molecule has 1 saturated carbocycles. The molecule has 0 radical (unpaired) electrons. The van der Waals surface area contributed by atoms with E-state index in [0.717, 1.165) is 24.5 Å². The minimum Gasteiger partial charge on any atom is -0.207 e. The van der Waals surface area contributed by atoms with Crippen LogP contribution >= 0.6 is 0 Å². The van der Waals surface area contributed by atoms with Crippen LogP contribution in [0.2, 0.25) is 0 Å². The Morgan fingerprint density at radius 2 is 1.37 bits per heavy atom. The molecule has 0 spiro atoms. The summed E-state index contributed by atoms with van der Waals surface area (Å²) in [6.45, 7) is 8.81. The molecule has 1 fully saturated rings. The maximum atomic E-state index is 13.4. The Bertz CT molecular complexity index is 420. The van der Waals surface area contributed by atoms with Gasteiger partial charge in [0.25, 0.3) is 0 Å². The van der Waals surface area contributed by atoms with Crippen molar-refractivity contribution >= 4 is 0 Å². The molecule has 0 bridgehead atoms. The Kier molecular flexibility index (Phi) is 3.98. The molecule has 0 aromatic heterocycles. The molecular weight excluding hydrogens is 242 g/mol. The number of benzene rings is 1. The van der Waals surface area contributed by atoms with Gasteiger partial charge in [-0.3, -0.25) is 0 Å². The molecule has 0 heterocycles. The first kappa shape index (κ1) is 14.5. The fourth-order valence-electron chi connectivity index (χ4n) is 3.70. The molecule has 0 amide bonds. The summed E-state index contributed by atoms with van der Waals surface area (Å²) in [6, 6.07) is 3.94. The molecule has 0 saturated heterocycles. The lowest BCUT2D eigenvalue weighted by atomic mass is 9.63. The number of rotatable bonds is 2. The first-order valence-corrected chi connectivity index (χ1v) is 7.25. The molecule has 106 valence electrons. The smallest absolute Gasteiger partial charge is 0.126 e. The van der Waals surface area contributed by atoms with Crippen LogP contribution in [0.5, 0.6) is 0 Å². The Balaban J connectivity index is 2.30. The van der Waals surface area contributed by atoms with Crippen molar-refractivity contribution in [2.45, 2.75) is 52.4 Å². The van der Waals surface area contributed by atoms with Gasteiger partial charge in [-0.25, -0.2) is 8.78 Å². The van der Waals surface area contributed by atoms with Crippen LogP contribution in [-0.2, 0) is 5.41 Å². The molecule has 0 nitrogen and oxygen atoms in total. The zero-order valence-corrected chi connectivity index (χ0v) is 12.3. The van der Waals surface area contributed by atoms with Gasteiger partial charge in [0.1, 0.15) is 11.6 Å². The summed E-state index contributed by atoms with van der Waals surface area (Å²) in [5.41, 5.74) is 0.614. The van der Waals surface area contributed by atoms with Crippen LogP contribution in [0.4, 0.5) is 8.78 Å². The van der Waals surface area contributed by atoms with E-state index in [1.54, 1.807) is 0 Å². The van der Waals surface area contributed by atoms with E-state index in [1.165, 1.54) is 18.6 Å². The van der Waals surface area contributed by atoms with Crippen molar-refractivity contribution < 1.29 is 8.78 Å². The Morgan fingerprint density at radius 1 is 0.895 bits per heavy atom.